The number of carboxylic acid groups (broad SMARTS) is 1. The van der Waals surface area contributed by atoms with Crippen molar-refractivity contribution in [1.29, 1.82) is 0 Å². The molecule has 1 aliphatic rings. The highest BCUT2D eigenvalue weighted by Crippen LogP contribution is 2.30. The first kappa shape index (κ1) is 30.2. The molecule has 1 atom stereocenters. The lowest BCUT2D eigenvalue weighted by Gasteiger charge is -2.38. The van der Waals surface area contributed by atoms with Crippen LogP contribution in [0.1, 0.15) is 65.9 Å². The number of benzene rings is 2. The lowest BCUT2D eigenvalue weighted by molar-refractivity contribution is -0.137. The van der Waals surface area contributed by atoms with Crippen molar-refractivity contribution in [2.24, 2.45) is 5.41 Å². The Morgan fingerprint density at radius 2 is 1.62 bits per heavy atom. The number of aromatic nitrogens is 1. The number of amides is 3. The topological polar surface area (TPSA) is 132 Å². The van der Waals surface area contributed by atoms with Crippen LogP contribution < -0.4 is 15.5 Å². The average molecular weight is 572 g/mol. The van der Waals surface area contributed by atoms with Gasteiger partial charge in [0.1, 0.15) is 0 Å². The summed E-state index contributed by atoms with van der Waals surface area (Å²) in [7, 11) is 0. The first-order valence-corrected chi connectivity index (χ1v) is 14.0. The molecule has 1 unspecified atom stereocenters. The van der Waals surface area contributed by atoms with Crippen molar-refractivity contribution in [3.8, 4) is 0 Å². The summed E-state index contributed by atoms with van der Waals surface area (Å²) in [4.78, 5) is 58.8. The van der Waals surface area contributed by atoms with E-state index < -0.39 is 17.9 Å². The highest BCUT2D eigenvalue weighted by Gasteiger charge is 2.27. The van der Waals surface area contributed by atoms with Gasteiger partial charge in [0.05, 0.1) is 23.8 Å². The van der Waals surface area contributed by atoms with Crippen LogP contribution in [0.2, 0.25) is 0 Å². The summed E-state index contributed by atoms with van der Waals surface area (Å²) in [6.07, 6.45) is 3.25. The van der Waals surface area contributed by atoms with Crippen LogP contribution in [0, 0.1) is 5.41 Å². The fraction of sp³-hybridized carbons (Fsp3) is 0.344. The number of pyridine rings is 1. The molecule has 3 amide bonds. The van der Waals surface area contributed by atoms with E-state index in [9.17, 15) is 24.3 Å². The van der Waals surface area contributed by atoms with Gasteiger partial charge in [0.15, 0.2) is 0 Å². The molecule has 42 heavy (non-hydrogen) atoms. The lowest BCUT2D eigenvalue weighted by atomic mass is 9.91. The summed E-state index contributed by atoms with van der Waals surface area (Å²) in [6, 6.07) is 16.4. The smallest absolute Gasteiger partial charge is 0.305 e. The van der Waals surface area contributed by atoms with E-state index in [1.807, 2.05) is 31.7 Å². The standard InChI is InChI=1S/C32H37N5O5/c1-32(2,3)20-28(38)37-16-14-36(15-17-37)27-12-11-23(18-26(27)35-30(41)22-8-5-4-6-9-22)31(42)34-25(19-29(39)40)24-10-7-13-33-21-24/h4-13,18,21,25H,14-17,19-20H2,1-3H3,(H,34,42)(H,35,41)(H,39,40). The van der Waals surface area contributed by atoms with Crippen LogP contribution in [0.3, 0.4) is 0 Å². The van der Waals surface area contributed by atoms with Gasteiger partial charge in [-0.3, -0.25) is 24.2 Å². The van der Waals surface area contributed by atoms with Gasteiger partial charge in [-0.1, -0.05) is 45.0 Å². The molecule has 0 bridgehead atoms. The van der Waals surface area contributed by atoms with Crippen LogP contribution in [0.25, 0.3) is 0 Å². The van der Waals surface area contributed by atoms with Crippen molar-refractivity contribution in [2.45, 2.75) is 39.7 Å². The molecule has 1 aromatic heterocycles. The van der Waals surface area contributed by atoms with Crippen LogP contribution in [0.4, 0.5) is 11.4 Å². The molecule has 1 saturated heterocycles. The van der Waals surface area contributed by atoms with Crippen molar-refractivity contribution in [3.63, 3.8) is 0 Å². The van der Waals surface area contributed by atoms with Crippen LogP contribution in [-0.4, -0.2) is 64.9 Å². The number of anilines is 2. The molecule has 4 rings (SSSR count). The van der Waals surface area contributed by atoms with Gasteiger partial charge < -0.3 is 25.5 Å². The number of carbonyl (C=O) groups excluding carboxylic acids is 3. The molecule has 0 aliphatic carbocycles. The summed E-state index contributed by atoms with van der Waals surface area (Å²) in [6.45, 7) is 8.36. The van der Waals surface area contributed by atoms with E-state index in [-0.39, 0.29) is 29.2 Å². The van der Waals surface area contributed by atoms with E-state index in [1.54, 1.807) is 60.8 Å². The zero-order valence-corrected chi connectivity index (χ0v) is 24.2. The number of carboxylic acids is 1. The van der Waals surface area contributed by atoms with Crippen LogP contribution >= 0.6 is 0 Å². The molecule has 0 radical (unpaired) electrons. The Labute approximate surface area is 245 Å². The average Bonchev–Trinajstić information content (AvgIpc) is 2.96. The van der Waals surface area contributed by atoms with Gasteiger partial charge in [-0.15, -0.1) is 0 Å². The summed E-state index contributed by atoms with van der Waals surface area (Å²) >= 11 is 0. The Hall–Kier alpha value is -4.73. The third-order valence-corrected chi connectivity index (χ3v) is 6.97. The number of nitrogens with one attached hydrogen (secondary N) is 2. The SMILES string of the molecule is CC(C)(C)CC(=O)N1CCN(c2ccc(C(=O)NC(CC(=O)O)c3cccnc3)cc2NC(=O)c2ccccc2)CC1. The van der Waals surface area contributed by atoms with Crippen molar-refractivity contribution in [1.82, 2.24) is 15.2 Å². The summed E-state index contributed by atoms with van der Waals surface area (Å²) in [5.74, 6) is -1.75. The molecule has 0 spiro atoms. The Morgan fingerprint density at radius 1 is 0.905 bits per heavy atom. The minimum atomic E-state index is -1.06. The van der Waals surface area contributed by atoms with Gasteiger partial charge in [-0.2, -0.15) is 0 Å². The summed E-state index contributed by atoms with van der Waals surface area (Å²) in [5, 5.41) is 15.2. The highest BCUT2D eigenvalue weighted by atomic mass is 16.4. The first-order chi connectivity index (χ1) is 20.0. The Morgan fingerprint density at radius 3 is 2.24 bits per heavy atom. The third kappa shape index (κ3) is 8.15. The molecule has 2 heterocycles. The minimum Gasteiger partial charge on any atom is -0.481 e. The van der Waals surface area contributed by atoms with Crippen molar-refractivity contribution in [2.75, 3.05) is 36.4 Å². The van der Waals surface area contributed by atoms with Gasteiger partial charge in [-0.25, -0.2) is 0 Å². The Bertz CT molecular complexity index is 1410. The van der Waals surface area contributed by atoms with Crippen molar-refractivity contribution < 1.29 is 24.3 Å². The molecule has 2 aromatic carbocycles. The molecule has 10 nitrogen and oxygen atoms in total. The van der Waals surface area contributed by atoms with Crippen LogP contribution in [-0.2, 0) is 9.59 Å². The van der Waals surface area contributed by atoms with E-state index >= 15 is 0 Å². The Balaban J connectivity index is 1.57. The van der Waals surface area contributed by atoms with Gasteiger partial charge in [0, 0.05) is 56.1 Å². The van der Waals surface area contributed by atoms with E-state index in [0.717, 1.165) is 5.69 Å². The number of rotatable bonds is 9. The van der Waals surface area contributed by atoms with Gasteiger partial charge >= 0.3 is 5.97 Å². The van der Waals surface area contributed by atoms with Gasteiger partial charge in [0.25, 0.3) is 11.8 Å². The zero-order valence-electron chi connectivity index (χ0n) is 24.2. The number of hydrogen-bond donors (Lipinski definition) is 3. The lowest BCUT2D eigenvalue weighted by Crippen LogP contribution is -2.49. The number of nitrogens with zero attached hydrogens (tertiary/aromatic N) is 3. The highest BCUT2D eigenvalue weighted by molar-refractivity contribution is 6.07. The monoisotopic (exact) mass is 571 g/mol. The second-order valence-corrected chi connectivity index (χ2v) is 11.6. The van der Waals surface area contributed by atoms with Gasteiger partial charge in [0.2, 0.25) is 5.91 Å². The van der Waals surface area contributed by atoms with Crippen molar-refractivity contribution >= 4 is 35.1 Å². The molecular weight excluding hydrogens is 534 g/mol. The number of hydrogen-bond acceptors (Lipinski definition) is 6. The number of aliphatic carboxylic acids is 1. The van der Waals surface area contributed by atoms with Crippen molar-refractivity contribution in [3.05, 3.63) is 89.7 Å². The fourth-order valence-corrected chi connectivity index (χ4v) is 4.85. The van der Waals surface area contributed by atoms with E-state index in [0.29, 0.717) is 49.4 Å². The second kappa shape index (κ2) is 13.3. The molecule has 1 fully saturated rings. The quantitative estimate of drug-likeness (QED) is 0.348. The third-order valence-electron chi connectivity index (χ3n) is 6.97. The molecule has 10 heteroatoms. The maximum atomic E-state index is 13.3. The normalized spacial score (nSPS) is 14.2. The number of carbonyl (C=O) groups is 4. The summed E-state index contributed by atoms with van der Waals surface area (Å²) in [5.41, 5.74) is 2.38. The maximum Gasteiger partial charge on any atom is 0.305 e. The molecule has 220 valence electrons. The number of piperazine rings is 1. The van der Waals surface area contributed by atoms with Crippen LogP contribution in [0.5, 0.6) is 0 Å². The van der Waals surface area contributed by atoms with E-state index in [1.165, 1.54) is 6.20 Å². The zero-order chi connectivity index (χ0) is 30.3. The molecule has 3 N–H and O–H groups in total. The minimum absolute atomic E-state index is 0.0972. The molecule has 0 saturated carbocycles. The predicted molar refractivity (Wildman–Crippen MR) is 160 cm³/mol. The van der Waals surface area contributed by atoms with Gasteiger partial charge in [-0.05, 0) is 47.4 Å². The fourth-order valence-electron chi connectivity index (χ4n) is 4.85. The molecule has 1 aliphatic heterocycles. The largest absolute Gasteiger partial charge is 0.481 e. The molecule has 3 aromatic rings. The maximum absolute atomic E-state index is 13.3. The van der Waals surface area contributed by atoms with E-state index in [2.05, 4.69) is 20.5 Å². The molecular formula is C32H37N5O5. The Kier molecular flexibility index (Phi) is 9.57. The summed E-state index contributed by atoms with van der Waals surface area (Å²) < 4.78 is 0. The van der Waals surface area contributed by atoms with E-state index in [4.69, 9.17) is 0 Å². The first-order valence-electron chi connectivity index (χ1n) is 14.0. The van der Waals surface area contributed by atoms with Crippen LogP contribution in [0.15, 0.2) is 73.1 Å². The predicted octanol–water partition coefficient (Wildman–Crippen LogP) is 4.36. The second-order valence-electron chi connectivity index (χ2n) is 11.6.